The van der Waals surface area contributed by atoms with Crippen molar-refractivity contribution in [2.75, 3.05) is 18.0 Å². The van der Waals surface area contributed by atoms with Gasteiger partial charge in [-0.3, -0.25) is 4.98 Å². The second-order valence-corrected chi connectivity index (χ2v) is 7.59. The molecule has 2 unspecified atom stereocenters. The maximum absolute atomic E-state index is 6.64. The highest BCUT2D eigenvalue weighted by molar-refractivity contribution is 6.37. The monoisotopic (exact) mass is 369 g/mol. The summed E-state index contributed by atoms with van der Waals surface area (Å²) in [7, 11) is 0. The molecule has 0 aromatic carbocycles. The van der Waals surface area contributed by atoms with Crippen molar-refractivity contribution in [1.29, 1.82) is 0 Å². The fraction of sp³-hybridized carbons (Fsp3) is 0.421. The number of aromatic amines is 1. The number of fused-ring (bicyclic) bond motifs is 2. The highest BCUT2D eigenvalue weighted by Crippen LogP contribution is 2.53. The number of pyridine rings is 1. The number of hydrogen-bond acceptors (Lipinski definition) is 5. The lowest BCUT2D eigenvalue weighted by molar-refractivity contribution is 0.441. The van der Waals surface area contributed by atoms with Crippen LogP contribution in [0.4, 0.5) is 5.82 Å². The Hall–Kier alpha value is -2.34. The number of ether oxygens (including phenoxy) is 1. The van der Waals surface area contributed by atoms with Crippen molar-refractivity contribution in [3.63, 3.8) is 0 Å². The Labute approximate surface area is 156 Å². The zero-order chi connectivity index (χ0) is 17.8. The van der Waals surface area contributed by atoms with Crippen molar-refractivity contribution in [3.8, 4) is 11.8 Å². The molecule has 134 valence electrons. The van der Waals surface area contributed by atoms with E-state index in [9.17, 15) is 0 Å². The summed E-state index contributed by atoms with van der Waals surface area (Å²) in [6.45, 7) is 6.45. The summed E-state index contributed by atoms with van der Waals surface area (Å²) in [5, 5.41) is 1.62. The number of nitrogens with one attached hydrogen (secondary N) is 1. The van der Waals surface area contributed by atoms with Crippen molar-refractivity contribution in [1.82, 2.24) is 19.9 Å². The number of aryl methyl sites for hydroxylation is 1. The van der Waals surface area contributed by atoms with E-state index in [2.05, 4.69) is 33.7 Å². The fourth-order valence-corrected chi connectivity index (χ4v) is 4.45. The lowest BCUT2D eigenvalue weighted by Gasteiger charge is -2.21. The molecule has 1 aliphatic carbocycles. The van der Waals surface area contributed by atoms with Crippen molar-refractivity contribution >= 4 is 28.5 Å². The first-order valence-electron chi connectivity index (χ1n) is 9.06. The van der Waals surface area contributed by atoms with Crippen LogP contribution in [0.25, 0.3) is 11.0 Å². The number of rotatable bonds is 4. The molecule has 2 fully saturated rings. The highest BCUT2D eigenvalue weighted by atomic mass is 35.5. The standard InChI is InChI=1S/C19H20ClN5O/c1-3-14-16(20)15-17(22-14)23-19(26-11-5-4-6-21-7-11)24-18(15)25-8-12-10(2)13(12)9-25/h4-7,10,12-13H,3,8-9H2,1-2H3,(H,22,23,24). The first kappa shape index (κ1) is 15.9. The van der Waals surface area contributed by atoms with Crippen LogP contribution in [0.3, 0.4) is 0 Å². The summed E-state index contributed by atoms with van der Waals surface area (Å²) in [4.78, 5) is 19.0. The Bertz CT molecular complexity index is 961. The molecule has 2 atom stereocenters. The van der Waals surface area contributed by atoms with Gasteiger partial charge in [0.15, 0.2) is 0 Å². The van der Waals surface area contributed by atoms with Crippen LogP contribution in [-0.2, 0) is 6.42 Å². The Kier molecular flexibility index (Phi) is 3.57. The Morgan fingerprint density at radius 3 is 2.81 bits per heavy atom. The molecule has 0 amide bonds. The smallest absolute Gasteiger partial charge is 0.326 e. The molecule has 1 N–H and O–H groups in total. The molecule has 0 spiro atoms. The number of aromatic nitrogens is 4. The molecule has 4 heterocycles. The fourth-order valence-electron chi connectivity index (χ4n) is 4.10. The highest BCUT2D eigenvalue weighted by Gasteiger charge is 2.53. The zero-order valence-electron chi connectivity index (χ0n) is 14.7. The molecular formula is C19H20ClN5O. The molecule has 3 aromatic heterocycles. The number of H-pyrrole nitrogens is 1. The molecule has 5 rings (SSSR count). The lowest BCUT2D eigenvalue weighted by Crippen LogP contribution is -2.25. The van der Waals surface area contributed by atoms with Crippen LogP contribution in [0, 0.1) is 17.8 Å². The number of nitrogens with zero attached hydrogens (tertiary/aromatic N) is 4. The molecule has 2 aliphatic rings. The molecule has 1 aliphatic heterocycles. The maximum atomic E-state index is 6.64. The summed E-state index contributed by atoms with van der Waals surface area (Å²) in [5.41, 5.74) is 1.71. The first-order chi connectivity index (χ1) is 12.7. The quantitative estimate of drug-likeness (QED) is 0.751. The van der Waals surface area contributed by atoms with E-state index >= 15 is 0 Å². The average molecular weight is 370 g/mol. The normalized spacial score (nSPS) is 24.1. The van der Waals surface area contributed by atoms with E-state index in [1.165, 1.54) is 0 Å². The minimum Gasteiger partial charge on any atom is -0.423 e. The van der Waals surface area contributed by atoms with Gasteiger partial charge in [0.2, 0.25) is 0 Å². The molecule has 7 heteroatoms. The summed E-state index contributed by atoms with van der Waals surface area (Å²) >= 11 is 6.64. The summed E-state index contributed by atoms with van der Waals surface area (Å²) in [6.07, 6.45) is 4.17. The molecular weight excluding hydrogens is 350 g/mol. The predicted octanol–water partition coefficient (Wildman–Crippen LogP) is 4.06. The molecule has 1 saturated carbocycles. The van der Waals surface area contributed by atoms with Crippen LogP contribution in [0.5, 0.6) is 11.8 Å². The maximum Gasteiger partial charge on any atom is 0.326 e. The Morgan fingerprint density at radius 1 is 1.31 bits per heavy atom. The Morgan fingerprint density at radius 2 is 2.12 bits per heavy atom. The topological polar surface area (TPSA) is 66.9 Å². The van der Waals surface area contributed by atoms with E-state index in [4.69, 9.17) is 21.3 Å². The van der Waals surface area contributed by atoms with Crippen LogP contribution in [0.1, 0.15) is 19.5 Å². The minimum atomic E-state index is 0.315. The van der Waals surface area contributed by atoms with Crippen LogP contribution in [-0.4, -0.2) is 33.0 Å². The van der Waals surface area contributed by atoms with Gasteiger partial charge in [0, 0.05) is 25.0 Å². The van der Waals surface area contributed by atoms with Gasteiger partial charge in [-0.15, -0.1) is 0 Å². The largest absolute Gasteiger partial charge is 0.423 e. The van der Waals surface area contributed by atoms with Crippen LogP contribution in [0.15, 0.2) is 24.5 Å². The van der Waals surface area contributed by atoms with Gasteiger partial charge in [-0.1, -0.05) is 25.4 Å². The van der Waals surface area contributed by atoms with Crippen LogP contribution in [0.2, 0.25) is 5.02 Å². The van der Waals surface area contributed by atoms with Crippen molar-refractivity contribution in [2.24, 2.45) is 17.8 Å². The van der Waals surface area contributed by atoms with Gasteiger partial charge in [-0.05, 0) is 36.3 Å². The van der Waals surface area contributed by atoms with Crippen LogP contribution >= 0.6 is 11.6 Å². The SMILES string of the molecule is CCc1[nH]c2nc(Oc3cccnc3)nc(N3CC4C(C)C4C3)c2c1Cl. The Balaban J connectivity index is 1.59. The summed E-state index contributed by atoms with van der Waals surface area (Å²) in [5.74, 6) is 3.85. The second kappa shape index (κ2) is 5.84. The zero-order valence-corrected chi connectivity index (χ0v) is 15.5. The number of hydrogen-bond donors (Lipinski definition) is 1. The van der Waals surface area contributed by atoms with Gasteiger partial charge in [-0.2, -0.15) is 9.97 Å². The van der Waals surface area contributed by atoms with Crippen LogP contribution < -0.4 is 9.64 Å². The van der Waals surface area contributed by atoms with Gasteiger partial charge in [0.25, 0.3) is 0 Å². The van der Waals surface area contributed by atoms with E-state index in [0.717, 1.165) is 64.8 Å². The third-order valence-corrected chi connectivity index (χ3v) is 6.16. The van der Waals surface area contributed by atoms with Crippen molar-refractivity contribution in [2.45, 2.75) is 20.3 Å². The number of piperidine rings is 1. The molecule has 1 saturated heterocycles. The summed E-state index contributed by atoms with van der Waals surface area (Å²) in [6, 6.07) is 3.98. The van der Waals surface area contributed by atoms with Crippen molar-refractivity contribution in [3.05, 3.63) is 35.2 Å². The molecule has 3 aromatic rings. The van der Waals surface area contributed by atoms with E-state index in [1.807, 2.05) is 12.1 Å². The van der Waals surface area contributed by atoms with Gasteiger partial charge >= 0.3 is 6.01 Å². The van der Waals surface area contributed by atoms with Gasteiger partial charge in [0.1, 0.15) is 17.2 Å². The molecule has 26 heavy (non-hydrogen) atoms. The third kappa shape index (κ3) is 2.43. The third-order valence-electron chi connectivity index (χ3n) is 5.74. The molecule has 0 bridgehead atoms. The van der Waals surface area contributed by atoms with Crippen molar-refractivity contribution < 1.29 is 4.74 Å². The van der Waals surface area contributed by atoms with E-state index in [0.29, 0.717) is 11.8 Å². The van der Waals surface area contributed by atoms with E-state index in [1.54, 1.807) is 12.4 Å². The van der Waals surface area contributed by atoms with Gasteiger partial charge < -0.3 is 14.6 Å². The average Bonchev–Trinajstić information content (AvgIpc) is 3.02. The van der Waals surface area contributed by atoms with Gasteiger partial charge in [-0.25, -0.2) is 0 Å². The first-order valence-corrected chi connectivity index (χ1v) is 9.44. The molecule has 6 nitrogen and oxygen atoms in total. The number of anilines is 1. The minimum absolute atomic E-state index is 0.315. The lowest BCUT2D eigenvalue weighted by atomic mass is 10.2. The number of halogens is 1. The molecule has 0 radical (unpaired) electrons. The van der Waals surface area contributed by atoms with E-state index in [-0.39, 0.29) is 0 Å². The predicted molar refractivity (Wildman–Crippen MR) is 101 cm³/mol. The van der Waals surface area contributed by atoms with Gasteiger partial charge in [0.05, 0.1) is 16.6 Å². The summed E-state index contributed by atoms with van der Waals surface area (Å²) < 4.78 is 5.85. The second-order valence-electron chi connectivity index (χ2n) is 7.21. The van der Waals surface area contributed by atoms with E-state index < -0.39 is 0 Å².